The van der Waals surface area contributed by atoms with Crippen LogP contribution in [-0.2, 0) is 12.6 Å². The zero-order chi connectivity index (χ0) is 14.9. The van der Waals surface area contributed by atoms with E-state index in [2.05, 4.69) is 15.1 Å². The molecule has 2 heterocycles. The number of aryl methyl sites for hydroxylation is 1. The Morgan fingerprint density at radius 3 is 2.65 bits per heavy atom. The van der Waals surface area contributed by atoms with Gasteiger partial charge in [-0.25, -0.2) is 4.98 Å². The van der Waals surface area contributed by atoms with Crippen LogP contribution < -0.4 is 5.73 Å². The molecule has 0 fully saturated rings. The number of hydrogen-bond acceptors (Lipinski definition) is 4. The topological polar surface area (TPSA) is 69.6 Å². The maximum atomic E-state index is 12.5. The smallest absolute Gasteiger partial charge is 0.368 e. The van der Waals surface area contributed by atoms with E-state index in [4.69, 9.17) is 17.3 Å². The Labute approximate surface area is 117 Å². The van der Waals surface area contributed by atoms with Crippen molar-refractivity contribution in [3.05, 3.63) is 28.7 Å². The number of halogens is 4. The summed E-state index contributed by atoms with van der Waals surface area (Å²) in [5.74, 6) is 0.539. The molecular weight excluding hydrogens is 295 g/mol. The van der Waals surface area contributed by atoms with Crippen LogP contribution in [0.25, 0.3) is 5.82 Å². The molecule has 0 unspecified atom stereocenters. The van der Waals surface area contributed by atoms with Gasteiger partial charge in [0, 0.05) is 12.6 Å². The van der Waals surface area contributed by atoms with Crippen LogP contribution in [0, 0.1) is 0 Å². The quantitative estimate of drug-likeness (QED) is 0.946. The largest absolute Gasteiger partial charge is 0.417 e. The first-order valence-corrected chi connectivity index (χ1v) is 6.15. The van der Waals surface area contributed by atoms with Gasteiger partial charge < -0.3 is 5.73 Å². The van der Waals surface area contributed by atoms with Crippen molar-refractivity contribution in [2.24, 2.45) is 0 Å². The van der Waals surface area contributed by atoms with E-state index < -0.39 is 11.7 Å². The number of hydrogen-bond donors (Lipinski definition) is 1. The molecule has 5 nitrogen and oxygen atoms in total. The first-order valence-electron chi connectivity index (χ1n) is 5.77. The second kappa shape index (κ2) is 5.28. The molecule has 0 bridgehead atoms. The SMILES string of the molecule is CCCc1nc(N)n(-c2ncc(C(F)(F)F)cc2Cl)n1. The molecule has 0 radical (unpaired) electrons. The Bertz CT molecular complexity index is 623. The van der Waals surface area contributed by atoms with Crippen molar-refractivity contribution in [2.75, 3.05) is 5.73 Å². The molecule has 20 heavy (non-hydrogen) atoms. The van der Waals surface area contributed by atoms with Crippen molar-refractivity contribution in [1.82, 2.24) is 19.7 Å². The second-order valence-corrected chi connectivity index (χ2v) is 4.48. The zero-order valence-electron chi connectivity index (χ0n) is 10.4. The minimum atomic E-state index is -4.50. The summed E-state index contributed by atoms with van der Waals surface area (Å²) in [5, 5.41) is 3.88. The molecule has 0 spiro atoms. The molecule has 108 valence electrons. The summed E-state index contributed by atoms with van der Waals surface area (Å²) in [6.45, 7) is 1.94. The summed E-state index contributed by atoms with van der Waals surface area (Å²) in [6, 6.07) is 0.782. The fourth-order valence-electron chi connectivity index (χ4n) is 1.60. The lowest BCUT2D eigenvalue weighted by molar-refractivity contribution is -0.137. The molecule has 0 amide bonds. The van der Waals surface area contributed by atoms with Crippen molar-refractivity contribution in [3.63, 3.8) is 0 Å². The fourth-order valence-corrected chi connectivity index (χ4v) is 1.84. The van der Waals surface area contributed by atoms with Gasteiger partial charge in [0.15, 0.2) is 11.6 Å². The van der Waals surface area contributed by atoms with E-state index in [0.29, 0.717) is 18.4 Å². The van der Waals surface area contributed by atoms with Gasteiger partial charge in [0.25, 0.3) is 0 Å². The third-order valence-corrected chi connectivity index (χ3v) is 2.78. The lowest BCUT2D eigenvalue weighted by atomic mass is 10.3. The maximum absolute atomic E-state index is 12.5. The van der Waals surface area contributed by atoms with Crippen LogP contribution in [0.1, 0.15) is 24.7 Å². The van der Waals surface area contributed by atoms with Crippen LogP contribution in [0.4, 0.5) is 19.1 Å². The van der Waals surface area contributed by atoms with Crippen LogP contribution in [0.5, 0.6) is 0 Å². The van der Waals surface area contributed by atoms with Crippen molar-refractivity contribution >= 4 is 17.5 Å². The number of nitrogens with zero attached hydrogens (tertiary/aromatic N) is 4. The highest BCUT2D eigenvalue weighted by Gasteiger charge is 2.32. The highest BCUT2D eigenvalue weighted by atomic mass is 35.5. The molecule has 2 rings (SSSR count). The van der Waals surface area contributed by atoms with Gasteiger partial charge in [-0.1, -0.05) is 18.5 Å². The van der Waals surface area contributed by atoms with E-state index >= 15 is 0 Å². The lowest BCUT2D eigenvalue weighted by Gasteiger charge is -2.09. The Balaban J connectivity index is 2.43. The van der Waals surface area contributed by atoms with Gasteiger partial charge in [0.1, 0.15) is 0 Å². The number of nitrogens with two attached hydrogens (primary N) is 1. The van der Waals surface area contributed by atoms with E-state index in [0.717, 1.165) is 17.2 Å². The number of rotatable bonds is 3. The Morgan fingerprint density at radius 2 is 2.10 bits per heavy atom. The predicted octanol–water partition coefficient (Wildman–Crippen LogP) is 2.87. The number of nitrogen functional groups attached to an aromatic ring is 1. The normalized spacial score (nSPS) is 11.8. The van der Waals surface area contributed by atoms with Crippen LogP contribution in [0.2, 0.25) is 5.02 Å². The molecule has 2 aromatic rings. The standard InChI is InChI=1S/C11H11ClF3N5/c1-2-3-8-18-10(16)20(19-8)9-7(12)4-6(5-17-9)11(13,14)15/h4-5H,2-3H2,1H3,(H2,16,18,19). The van der Waals surface area contributed by atoms with Crippen LogP contribution in [-0.4, -0.2) is 19.7 Å². The monoisotopic (exact) mass is 305 g/mol. The van der Waals surface area contributed by atoms with Crippen molar-refractivity contribution in [1.29, 1.82) is 0 Å². The number of aromatic nitrogens is 4. The van der Waals surface area contributed by atoms with E-state index in [1.54, 1.807) is 0 Å². The van der Waals surface area contributed by atoms with Gasteiger partial charge in [-0.3, -0.25) is 0 Å². The molecule has 0 atom stereocenters. The van der Waals surface area contributed by atoms with Gasteiger partial charge in [-0.15, -0.1) is 5.10 Å². The predicted molar refractivity (Wildman–Crippen MR) is 67.6 cm³/mol. The molecule has 0 saturated carbocycles. The molecule has 0 aliphatic rings. The van der Waals surface area contributed by atoms with Crippen LogP contribution in [0.3, 0.4) is 0 Å². The number of pyridine rings is 1. The highest BCUT2D eigenvalue weighted by Crippen LogP contribution is 2.32. The first kappa shape index (κ1) is 14.6. The summed E-state index contributed by atoms with van der Waals surface area (Å²) >= 11 is 5.82. The molecular formula is C11H11ClF3N5. The molecule has 0 saturated heterocycles. The minimum absolute atomic E-state index is 0.0204. The summed E-state index contributed by atoms with van der Waals surface area (Å²) in [4.78, 5) is 7.68. The fraction of sp³-hybridized carbons (Fsp3) is 0.364. The Hall–Kier alpha value is -1.83. The van der Waals surface area contributed by atoms with E-state index in [1.807, 2.05) is 6.92 Å². The summed E-state index contributed by atoms with van der Waals surface area (Å²) in [6.07, 6.45) is -2.40. The second-order valence-electron chi connectivity index (χ2n) is 4.08. The van der Waals surface area contributed by atoms with Crippen molar-refractivity contribution in [3.8, 4) is 5.82 Å². The van der Waals surface area contributed by atoms with Gasteiger partial charge in [-0.2, -0.15) is 22.8 Å². The van der Waals surface area contributed by atoms with E-state index in [-0.39, 0.29) is 16.8 Å². The van der Waals surface area contributed by atoms with Crippen molar-refractivity contribution in [2.45, 2.75) is 25.9 Å². The van der Waals surface area contributed by atoms with Gasteiger partial charge in [-0.05, 0) is 12.5 Å². The highest BCUT2D eigenvalue weighted by molar-refractivity contribution is 6.32. The van der Waals surface area contributed by atoms with Gasteiger partial charge in [0.05, 0.1) is 10.6 Å². The number of anilines is 1. The summed E-state index contributed by atoms with van der Waals surface area (Å²) in [5.41, 5.74) is 4.73. The first-order chi connectivity index (χ1) is 9.32. The third-order valence-electron chi connectivity index (χ3n) is 2.50. The van der Waals surface area contributed by atoms with E-state index in [1.165, 1.54) is 0 Å². The Kier molecular flexibility index (Phi) is 3.85. The average molecular weight is 306 g/mol. The number of alkyl halides is 3. The lowest BCUT2D eigenvalue weighted by Crippen LogP contribution is -2.09. The van der Waals surface area contributed by atoms with Gasteiger partial charge >= 0.3 is 6.18 Å². The summed E-state index contributed by atoms with van der Waals surface area (Å²) in [7, 11) is 0. The molecule has 0 aliphatic carbocycles. The molecule has 0 aromatic carbocycles. The summed E-state index contributed by atoms with van der Waals surface area (Å²) < 4.78 is 38.7. The van der Waals surface area contributed by atoms with Gasteiger partial charge in [0.2, 0.25) is 5.95 Å². The third kappa shape index (κ3) is 2.84. The Morgan fingerprint density at radius 1 is 1.40 bits per heavy atom. The average Bonchev–Trinajstić information content (AvgIpc) is 2.69. The van der Waals surface area contributed by atoms with Crippen LogP contribution in [0.15, 0.2) is 12.3 Å². The van der Waals surface area contributed by atoms with Crippen LogP contribution >= 0.6 is 11.6 Å². The molecule has 9 heteroatoms. The van der Waals surface area contributed by atoms with E-state index in [9.17, 15) is 13.2 Å². The molecule has 2 aromatic heterocycles. The zero-order valence-corrected chi connectivity index (χ0v) is 11.2. The molecule has 2 N–H and O–H groups in total. The maximum Gasteiger partial charge on any atom is 0.417 e. The minimum Gasteiger partial charge on any atom is -0.368 e. The van der Waals surface area contributed by atoms with Crippen molar-refractivity contribution < 1.29 is 13.2 Å². The molecule has 0 aliphatic heterocycles.